The Balaban J connectivity index is 1.48. The number of ether oxygens (including phenoxy) is 1. The first-order chi connectivity index (χ1) is 13.8. The molecule has 2 aliphatic rings. The summed E-state index contributed by atoms with van der Waals surface area (Å²) in [7, 11) is 0. The highest BCUT2D eigenvalue weighted by Crippen LogP contribution is 2.38. The quantitative estimate of drug-likeness (QED) is 0.668. The normalized spacial score (nSPS) is 16.1. The van der Waals surface area contributed by atoms with E-state index in [4.69, 9.17) is 15.5 Å². The molecular weight excluding hydrogens is 346 g/mol. The van der Waals surface area contributed by atoms with E-state index in [0.29, 0.717) is 18.3 Å². The number of aromatic nitrogens is 1. The highest BCUT2D eigenvalue weighted by molar-refractivity contribution is 6.01. The van der Waals surface area contributed by atoms with Gasteiger partial charge in [-0.3, -0.25) is 9.98 Å². The molecule has 28 heavy (non-hydrogen) atoms. The van der Waals surface area contributed by atoms with Crippen molar-refractivity contribution in [1.82, 2.24) is 4.98 Å². The number of para-hydroxylation sites is 1. The van der Waals surface area contributed by atoms with Crippen LogP contribution in [0, 0.1) is 0 Å². The van der Waals surface area contributed by atoms with Gasteiger partial charge in [0.05, 0.1) is 12.2 Å². The van der Waals surface area contributed by atoms with E-state index in [2.05, 4.69) is 23.2 Å². The van der Waals surface area contributed by atoms with E-state index in [1.807, 2.05) is 42.5 Å². The number of hydrogen-bond acceptors (Lipinski definition) is 4. The summed E-state index contributed by atoms with van der Waals surface area (Å²) in [6.45, 7) is 0.671. The zero-order valence-electron chi connectivity index (χ0n) is 15.8. The van der Waals surface area contributed by atoms with Gasteiger partial charge in [0.2, 0.25) is 0 Å². The molecule has 2 aromatic carbocycles. The minimum Gasteiger partial charge on any atom is -0.457 e. The van der Waals surface area contributed by atoms with E-state index < -0.39 is 0 Å². The molecule has 1 fully saturated rings. The Hall–Kier alpha value is -3.14. The summed E-state index contributed by atoms with van der Waals surface area (Å²) in [6, 6.07) is 20.0. The highest BCUT2D eigenvalue weighted by Gasteiger charge is 2.27. The molecular formula is C24H23N3O. The van der Waals surface area contributed by atoms with Crippen molar-refractivity contribution in [3.63, 3.8) is 0 Å². The molecule has 1 aliphatic carbocycles. The van der Waals surface area contributed by atoms with E-state index in [-0.39, 0.29) is 0 Å². The fraction of sp³-hybridized carbons (Fsp3) is 0.250. The lowest BCUT2D eigenvalue weighted by atomic mass is 9.94. The van der Waals surface area contributed by atoms with Crippen molar-refractivity contribution < 1.29 is 4.74 Å². The van der Waals surface area contributed by atoms with Crippen molar-refractivity contribution in [2.24, 2.45) is 10.7 Å². The summed E-state index contributed by atoms with van der Waals surface area (Å²) < 4.78 is 5.91. The predicted molar refractivity (Wildman–Crippen MR) is 112 cm³/mol. The molecule has 140 valence electrons. The Morgan fingerprint density at radius 1 is 0.893 bits per heavy atom. The molecule has 2 N–H and O–H groups in total. The molecule has 0 saturated heterocycles. The van der Waals surface area contributed by atoms with Crippen molar-refractivity contribution >= 4 is 5.84 Å². The SMILES string of the molecule is NC1=NCc2c1cc(-c1ccc(Oc3ccccc3)cc1)nc2C1CCCC1. The van der Waals surface area contributed by atoms with Gasteiger partial charge in [0.1, 0.15) is 17.3 Å². The summed E-state index contributed by atoms with van der Waals surface area (Å²) in [5.74, 6) is 2.82. The number of benzene rings is 2. The third-order valence-electron chi connectivity index (χ3n) is 5.71. The highest BCUT2D eigenvalue weighted by atomic mass is 16.5. The van der Waals surface area contributed by atoms with E-state index in [0.717, 1.165) is 28.3 Å². The molecule has 0 unspecified atom stereocenters. The topological polar surface area (TPSA) is 60.5 Å². The van der Waals surface area contributed by atoms with Crippen LogP contribution in [0.1, 0.15) is 48.4 Å². The van der Waals surface area contributed by atoms with Crippen LogP contribution in [0.25, 0.3) is 11.3 Å². The fourth-order valence-electron chi connectivity index (χ4n) is 4.24. The maximum Gasteiger partial charge on any atom is 0.127 e. The monoisotopic (exact) mass is 369 g/mol. The van der Waals surface area contributed by atoms with Gasteiger partial charge in [-0.15, -0.1) is 0 Å². The van der Waals surface area contributed by atoms with Crippen LogP contribution >= 0.6 is 0 Å². The number of hydrogen-bond donors (Lipinski definition) is 1. The number of nitrogens with zero attached hydrogens (tertiary/aromatic N) is 2. The lowest BCUT2D eigenvalue weighted by Crippen LogP contribution is -2.13. The van der Waals surface area contributed by atoms with Gasteiger partial charge in [0, 0.05) is 28.3 Å². The number of rotatable bonds is 4. The minimum absolute atomic E-state index is 0.537. The molecule has 0 spiro atoms. The standard InChI is InChI=1S/C24H23N3O/c25-24-20-14-22(27-23(21(20)15-26-24)17-6-4-5-7-17)16-10-12-19(13-11-16)28-18-8-2-1-3-9-18/h1-3,8-14,17H,4-7,15H2,(H2,25,26). The third kappa shape index (κ3) is 3.15. The molecule has 0 radical (unpaired) electrons. The second kappa shape index (κ2) is 7.12. The zero-order chi connectivity index (χ0) is 18.9. The smallest absolute Gasteiger partial charge is 0.127 e. The molecule has 4 heteroatoms. The Morgan fingerprint density at radius 3 is 2.36 bits per heavy atom. The second-order valence-electron chi connectivity index (χ2n) is 7.54. The predicted octanol–water partition coefficient (Wildman–Crippen LogP) is 5.42. The largest absolute Gasteiger partial charge is 0.457 e. The van der Waals surface area contributed by atoms with Gasteiger partial charge in [-0.25, -0.2) is 0 Å². The van der Waals surface area contributed by atoms with Gasteiger partial charge in [-0.05, 0) is 55.3 Å². The van der Waals surface area contributed by atoms with Crippen molar-refractivity contribution in [1.29, 1.82) is 0 Å². The lowest BCUT2D eigenvalue weighted by molar-refractivity contribution is 0.483. The molecule has 0 atom stereocenters. The van der Waals surface area contributed by atoms with Crippen LogP contribution in [-0.2, 0) is 6.54 Å². The van der Waals surface area contributed by atoms with Gasteiger partial charge in [-0.1, -0.05) is 31.0 Å². The Kier molecular flexibility index (Phi) is 4.32. The molecule has 0 amide bonds. The van der Waals surface area contributed by atoms with E-state index >= 15 is 0 Å². The van der Waals surface area contributed by atoms with Gasteiger partial charge >= 0.3 is 0 Å². The van der Waals surface area contributed by atoms with Gasteiger partial charge in [-0.2, -0.15) is 0 Å². The van der Waals surface area contributed by atoms with Crippen LogP contribution in [0.5, 0.6) is 11.5 Å². The zero-order valence-corrected chi connectivity index (χ0v) is 15.8. The molecule has 2 heterocycles. The lowest BCUT2D eigenvalue weighted by Gasteiger charge is -2.16. The van der Waals surface area contributed by atoms with Crippen LogP contribution in [0.2, 0.25) is 0 Å². The Labute approximate surface area is 165 Å². The van der Waals surface area contributed by atoms with Crippen LogP contribution in [-0.4, -0.2) is 10.8 Å². The first-order valence-electron chi connectivity index (χ1n) is 9.95. The van der Waals surface area contributed by atoms with Crippen LogP contribution in [0.3, 0.4) is 0 Å². The van der Waals surface area contributed by atoms with E-state index in [1.54, 1.807) is 0 Å². The molecule has 5 rings (SSSR count). The van der Waals surface area contributed by atoms with Gasteiger partial charge < -0.3 is 10.5 Å². The summed E-state index contributed by atoms with van der Waals surface area (Å²) in [5.41, 5.74) is 11.7. The molecule has 1 saturated carbocycles. The van der Waals surface area contributed by atoms with Crippen LogP contribution in [0.4, 0.5) is 0 Å². The molecule has 4 nitrogen and oxygen atoms in total. The first-order valence-corrected chi connectivity index (χ1v) is 9.95. The van der Waals surface area contributed by atoms with Crippen molar-refractivity contribution in [3.8, 4) is 22.8 Å². The van der Waals surface area contributed by atoms with Crippen LogP contribution < -0.4 is 10.5 Å². The van der Waals surface area contributed by atoms with Crippen molar-refractivity contribution in [2.75, 3.05) is 0 Å². The maximum absolute atomic E-state index is 6.17. The summed E-state index contributed by atoms with van der Waals surface area (Å²) in [5, 5.41) is 0. The van der Waals surface area contributed by atoms with Gasteiger partial charge in [0.25, 0.3) is 0 Å². The number of aliphatic imine (C=N–C) groups is 1. The third-order valence-corrected chi connectivity index (χ3v) is 5.71. The Morgan fingerprint density at radius 2 is 1.61 bits per heavy atom. The summed E-state index contributed by atoms with van der Waals surface area (Å²) in [6.07, 6.45) is 5.00. The average Bonchev–Trinajstić information content (AvgIpc) is 3.39. The summed E-state index contributed by atoms with van der Waals surface area (Å²) >= 11 is 0. The van der Waals surface area contributed by atoms with Crippen molar-refractivity contribution in [2.45, 2.75) is 38.1 Å². The van der Waals surface area contributed by atoms with Crippen LogP contribution in [0.15, 0.2) is 65.7 Å². The molecule has 0 bridgehead atoms. The second-order valence-corrected chi connectivity index (χ2v) is 7.54. The first kappa shape index (κ1) is 17.0. The number of amidine groups is 1. The molecule has 1 aromatic heterocycles. The summed E-state index contributed by atoms with van der Waals surface area (Å²) in [4.78, 5) is 9.54. The Bertz CT molecular complexity index is 1020. The van der Waals surface area contributed by atoms with E-state index in [1.165, 1.54) is 36.9 Å². The molecule has 3 aromatic rings. The maximum atomic E-state index is 6.17. The minimum atomic E-state index is 0.537. The van der Waals surface area contributed by atoms with Crippen molar-refractivity contribution in [3.05, 3.63) is 77.5 Å². The number of nitrogens with two attached hydrogens (primary N) is 1. The van der Waals surface area contributed by atoms with E-state index in [9.17, 15) is 0 Å². The average molecular weight is 369 g/mol. The number of pyridine rings is 1. The number of fused-ring (bicyclic) bond motifs is 1. The fourth-order valence-corrected chi connectivity index (χ4v) is 4.24. The van der Waals surface area contributed by atoms with Gasteiger partial charge in [0.15, 0.2) is 0 Å². The molecule has 1 aliphatic heterocycles.